The molecule has 3 saturated heterocycles. The zero-order valence-corrected chi connectivity index (χ0v) is 21.9. The summed E-state index contributed by atoms with van der Waals surface area (Å²) in [6.07, 6.45) is -4.25. The molecule has 9 nitrogen and oxygen atoms in total. The summed E-state index contributed by atoms with van der Waals surface area (Å²) in [6.45, 7) is 5.21. The standard InChI is InChI=1S/C22H30F3N5O4S2/c1-20(2,3)15(29-19(34)22(23,24)25)18(33)30-11-21(35-6-7-36-21)9-14(30)17(32)28-13(10-26)8-12-4-5-27-16(12)31/h12-15H,4-9,11H2,1-3H3,(H,27,31)(H,28,32)(H,29,34). The van der Waals surface area contributed by atoms with Crippen LogP contribution in [0.1, 0.15) is 40.0 Å². The number of halogens is 3. The van der Waals surface area contributed by atoms with Crippen molar-refractivity contribution in [2.45, 2.75) is 68.4 Å². The van der Waals surface area contributed by atoms with Crippen molar-refractivity contribution < 1.29 is 32.3 Å². The fourth-order valence-electron chi connectivity index (χ4n) is 4.60. The van der Waals surface area contributed by atoms with E-state index in [1.54, 1.807) is 23.5 Å². The molecule has 3 N–H and O–H groups in total. The number of alkyl halides is 3. The van der Waals surface area contributed by atoms with Gasteiger partial charge in [0.15, 0.2) is 0 Å². The second-order valence-corrected chi connectivity index (χ2v) is 13.5. The summed E-state index contributed by atoms with van der Waals surface area (Å²) < 4.78 is 38.5. The lowest BCUT2D eigenvalue weighted by molar-refractivity contribution is -0.176. The maximum Gasteiger partial charge on any atom is 0.471 e. The maximum atomic E-state index is 13.6. The molecule has 3 aliphatic heterocycles. The van der Waals surface area contributed by atoms with E-state index in [0.29, 0.717) is 13.0 Å². The summed E-state index contributed by atoms with van der Waals surface area (Å²) in [5.74, 6) is -2.62. The smallest absolute Gasteiger partial charge is 0.356 e. The summed E-state index contributed by atoms with van der Waals surface area (Å²) in [4.78, 5) is 51.8. The zero-order chi connectivity index (χ0) is 26.9. The Balaban J connectivity index is 1.82. The van der Waals surface area contributed by atoms with Gasteiger partial charge in [0.1, 0.15) is 18.1 Å². The van der Waals surface area contributed by atoms with E-state index in [9.17, 15) is 37.6 Å². The Labute approximate surface area is 216 Å². The number of nitrogens with zero attached hydrogens (tertiary/aromatic N) is 2. The highest BCUT2D eigenvalue weighted by Gasteiger charge is 2.54. The highest BCUT2D eigenvalue weighted by molar-refractivity contribution is 8.21. The van der Waals surface area contributed by atoms with Crippen molar-refractivity contribution in [2.75, 3.05) is 24.6 Å². The van der Waals surface area contributed by atoms with Crippen LogP contribution in [-0.2, 0) is 19.2 Å². The Morgan fingerprint density at radius 1 is 1.22 bits per heavy atom. The van der Waals surface area contributed by atoms with E-state index in [1.165, 1.54) is 25.7 Å². The molecule has 3 heterocycles. The second kappa shape index (κ2) is 10.7. The SMILES string of the molecule is CC(C)(C)C(NC(=O)C(F)(F)F)C(=O)N1CC2(CC1C(=O)NC(C#N)CC1CCNC1=O)SCCS2. The largest absolute Gasteiger partial charge is 0.471 e. The number of hydrogen-bond donors (Lipinski definition) is 3. The molecule has 4 atom stereocenters. The van der Waals surface area contributed by atoms with E-state index in [1.807, 2.05) is 11.4 Å². The highest BCUT2D eigenvalue weighted by atomic mass is 32.2. The van der Waals surface area contributed by atoms with Crippen molar-refractivity contribution in [2.24, 2.45) is 11.3 Å². The summed E-state index contributed by atoms with van der Waals surface area (Å²) in [7, 11) is 0. The van der Waals surface area contributed by atoms with Crippen molar-refractivity contribution in [3.05, 3.63) is 0 Å². The molecule has 0 aromatic rings. The van der Waals surface area contributed by atoms with E-state index >= 15 is 0 Å². The van der Waals surface area contributed by atoms with Gasteiger partial charge in [-0.15, -0.1) is 23.5 Å². The molecule has 0 radical (unpaired) electrons. The van der Waals surface area contributed by atoms with Crippen LogP contribution in [0.5, 0.6) is 0 Å². The molecule has 4 amide bonds. The number of amides is 4. The summed E-state index contributed by atoms with van der Waals surface area (Å²) in [6, 6.07) is -1.53. The van der Waals surface area contributed by atoms with Crippen LogP contribution in [0.25, 0.3) is 0 Å². The highest BCUT2D eigenvalue weighted by Crippen LogP contribution is 2.52. The predicted octanol–water partition coefficient (Wildman–Crippen LogP) is 1.39. The lowest BCUT2D eigenvalue weighted by atomic mass is 9.85. The Kier molecular flexibility index (Phi) is 8.44. The lowest BCUT2D eigenvalue weighted by Gasteiger charge is -2.35. The zero-order valence-electron chi connectivity index (χ0n) is 20.2. The van der Waals surface area contributed by atoms with Gasteiger partial charge in [-0.25, -0.2) is 0 Å². The average molecular weight is 550 g/mol. The van der Waals surface area contributed by atoms with Crippen LogP contribution in [0.3, 0.4) is 0 Å². The minimum absolute atomic E-state index is 0.121. The van der Waals surface area contributed by atoms with E-state index in [0.717, 1.165) is 11.5 Å². The molecule has 0 saturated carbocycles. The number of likely N-dealkylation sites (tertiary alicyclic amines) is 1. The normalized spacial score (nSPS) is 25.2. The summed E-state index contributed by atoms with van der Waals surface area (Å²) >= 11 is 3.17. The molecule has 0 bridgehead atoms. The fourth-order valence-corrected chi connectivity index (χ4v) is 7.86. The van der Waals surface area contributed by atoms with Crippen molar-refractivity contribution in [3.8, 4) is 6.07 Å². The third-order valence-corrected chi connectivity index (χ3v) is 9.92. The molecule has 3 aliphatic rings. The molecular weight excluding hydrogens is 519 g/mol. The van der Waals surface area contributed by atoms with Crippen molar-refractivity contribution in [3.63, 3.8) is 0 Å². The van der Waals surface area contributed by atoms with E-state index in [4.69, 9.17) is 0 Å². The first kappa shape index (κ1) is 28.4. The van der Waals surface area contributed by atoms with Gasteiger partial charge in [0.05, 0.1) is 10.1 Å². The average Bonchev–Trinajstić information content (AvgIpc) is 3.50. The second-order valence-electron chi connectivity index (χ2n) is 10.3. The van der Waals surface area contributed by atoms with Gasteiger partial charge < -0.3 is 20.9 Å². The molecule has 14 heteroatoms. The molecule has 1 spiro atoms. The fraction of sp³-hybridized carbons (Fsp3) is 0.773. The number of hydrogen-bond acceptors (Lipinski definition) is 7. The van der Waals surface area contributed by atoms with Crippen molar-refractivity contribution in [1.82, 2.24) is 20.9 Å². The Morgan fingerprint density at radius 2 is 1.86 bits per heavy atom. The van der Waals surface area contributed by atoms with Gasteiger partial charge in [-0.1, -0.05) is 20.8 Å². The molecular formula is C22H30F3N5O4S2. The monoisotopic (exact) mass is 549 g/mol. The van der Waals surface area contributed by atoms with Gasteiger partial charge in [0.25, 0.3) is 0 Å². The van der Waals surface area contributed by atoms with Gasteiger partial charge in [-0.2, -0.15) is 18.4 Å². The van der Waals surface area contributed by atoms with Crippen LogP contribution in [0.2, 0.25) is 0 Å². The van der Waals surface area contributed by atoms with Crippen LogP contribution in [0.4, 0.5) is 13.2 Å². The maximum absolute atomic E-state index is 13.6. The lowest BCUT2D eigenvalue weighted by Crippen LogP contribution is -2.59. The van der Waals surface area contributed by atoms with Crippen LogP contribution in [0.15, 0.2) is 0 Å². The molecule has 0 aliphatic carbocycles. The first-order valence-electron chi connectivity index (χ1n) is 11.6. The number of carbonyl (C=O) groups excluding carboxylic acids is 4. The molecule has 4 unspecified atom stereocenters. The third-order valence-electron chi connectivity index (χ3n) is 6.49. The number of thioether (sulfide) groups is 2. The molecule has 3 fully saturated rings. The van der Waals surface area contributed by atoms with Crippen molar-refractivity contribution >= 4 is 47.2 Å². The van der Waals surface area contributed by atoms with Crippen LogP contribution in [0, 0.1) is 22.7 Å². The van der Waals surface area contributed by atoms with Gasteiger partial charge in [-0.05, 0) is 18.3 Å². The Morgan fingerprint density at radius 3 is 2.36 bits per heavy atom. The minimum Gasteiger partial charge on any atom is -0.356 e. The number of rotatable bonds is 6. The minimum atomic E-state index is -5.17. The molecule has 36 heavy (non-hydrogen) atoms. The van der Waals surface area contributed by atoms with Crippen LogP contribution >= 0.6 is 23.5 Å². The first-order valence-corrected chi connectivity index (χ1v) is 13.6. The van der Waals surface area contributed by atoms with Gasteiger partial charge >= 0.3 is 12.1 Å². The number of nitriles is 1. The molecule has 200 valence electrons. The van der Waals surface area contributed by atoms with Gasteiger partial charge in [0, 0.05) is 36.9 Å². The van der Waals surface area contributed by atoms with Gasteiger partial charge in [-0.3, -0.25) is 19.2 Å². The Hall–Kier alpha value is -2.14. The van der Waals surface area contributed by atoms with E-state index < -0.39 is 57.4 Å². The number of nitrogens with one attached hydrogen (secondary N) is 3. The molecule has 0 aromatic carbocycles. The summed E-state index contributed by atoms with van der Waals surface area (Å²) in [5.41, 5.74) is -1.07. The van der Waals surface area contributed by atoms with Crippen LogP contribution < -0.4 is 16.0 Å². The van der Waals surface area contributed by atoms with E-state index in [2.05, 4.69) is 10.6 Å². The summed E-state index contributed by atoms with van der Waals surface area (Å²) in [5, 5.41) is 16.7. The quantitative estimate of drug-likeness (QED) is 0.456. The van der Waals surface area contributed by atoms with Crippen LogP contribution in [-0.4, -0.2) is 81.5 Å². The predicted molar refractivity (Wildman–Crippen MR) is 128 cm³/mol. The molecule has 3 rings (SSSR count). The third kappa shape index (κ3) is 6.40. The van der Waals surface area contributed by atoms with E-state index in [-0.39, 0.29) is 25.3 Å². The molecule has 0 aromatic heterocycles. The van der Waals surface area contributed by atoms with Crippen molar-refractivity contribution in [1.29, 1.82) is 5.26 Å². The topological polar surface area (TPSA) is 131 Å². The number of carbonyl (C=O) groups is 4. The van der Waals surface area contributed by atoms with Gasteiger partial charge in [0.2, 0.25) is 17.7 Å². The first-order chi connectivity index (χ1) is 16.7. The Bertz CT molecular complexity index is 943.